The second kappa shape index (κ2) is 23.4. The van der Waals surface area contributed by atoms with Crippen LogP contribution in [-0.4, -0.2) is 20.3 Å². The van der Waals surface area contributed by atoms with Gasteiger partial charge in [0.25, 0.3) is 0 Å². The third-order valence-corrected chi connectivity index (χ3v) is 6.67. The predicted octanol–water partition coefficient (Wildman–Crippen LogP) is 6.12. The number of pyridine rings is 4. The number of halogens is 2. The number of rotatable bonds is 12. The van der Waals surface area contributed by atoms with E-state index in [9.17, 15) is 0 Å². The first-order valence-corrected chi connectivity index (χ1v) is 15.2. The summed E-state index contributed by atoms with van der Waals surface area (Å²) < 4.78 is 2.26. The lowest BCUT2D eigenvalue weighted by Crippen LogP contribution is -3.00. The molecule has 0 aliphatic heterocycles. The van der Waals surface area contributed by atoms with E-state index in [0.717, 1.165) is 6.54 Å². The van der Waals surface area contributed by atoms with Crippen LogP contribution >= 0.6 is 15.9 Å². The van der Waals surface area contributed by atoms with Gasteiger partial charge in [-0.1, -0.05) is 68.3 Å². The molecule has 0 amide bonds. The number of nitrogens with zero attached hydrogens (tertiary/aromatic N) is 4. The van der Waals surface area contributed by atoms with Crippen molar-refractivity contribution in [2.75, 3.05) is 5.33 Å². The summed E-state index contributed by atoms with van der Waals surface area (Å²) in [6, 6.07) is 16.4. The Kier molecular flexibility index (Phi) is 20.8. The average molecular weight is 657 g/mol. The molecule has 0 bridgehead atoms. The molecule has 0 spiro atoms. The van der Waals surface area contributed by atoms with Crippen molar-refractivity contribution in [1.82, 2.24) is 15.0 Å². The van der Waals surface area contributed by atoms with Gasteiger partial charge in [0, 0.05) is 61.1 Å². The van der Waals surface area contributed by atoms with Crippen molar-refractivity contribution in [1.29, 1.82) is 0 Å². The van der Waals surface area contributed by atoms with E-state index >= 15 is 0 Å². The minimum absolute atomic E-state index is 0. The van der Waals surface area contributed by atoms with Crippen LogP contribution in [0.1, 0.15) is 71.6 Å². The zero-order chi connectivity index (χ0) is 27.1. The van der Waals surface area contributed by atoms with Gasteiger partial charge in [0.15, 0.2) is 12.4 Å². The van der Waals surface area contributed by atoms with Crippen molar-refractivity contribution in [3.8, 4) is 22.3 Å². The first-order valence-electron chi connectivity index (χ1n) is 14.0. The van der Waals surface area contributed by atoms with E-state index in [-0.39, 0.29) is 17.0 Å². The van der Waals surface area contributed by atoms with Crippen molar-refractivity contribution in [3.63, 3.8) is 0 Å². The quantitative estimate of drug-likeness (QED) is 0.105. The van der Waals surface area contributed by atoms with E-state index < -0.39 is 0 Å². The SMILES string of the molecule is CCCCCCCBr.CCCCCC[n+]1ccc(-c2ccncc2)cc1.[Br-].c1cc(-c2ccncc2)ccn1. The minimum Gasteiger partial charge on any atom is -1.00 e. The van der Waals surface area contributed by atoms with E-state index in [1.807, 2.05) is 48.8 Å². The largest absolute Gasteiger partial charge is 1.00 e. The molecule has 0 N–H and O–H groups in total. The standard InChI is InChI=1S/C16H21N2.C10H8N2.C7H15Br.BrH/c1-2-3-4-5-12-18-13-8-16(9-14-18)15-6-10-17-11-7-15;1-5-11-6-2-9(1)10-3-7-12-8-4-10;1-2-3-4-5-6-7-8;/h6-11,13-14H,2-5,12H2,1H3;1-8H;2-7H2,1H3;1H/q+1;;;/p-1. The molecule has 0 fully saturated rings. The smallest absolute Gasteiger partial charge is 0.169 e. The summed E-state index contributed by atoms with van der Waals surface area (Å²) >= 11 is 3.40. The second-order valence-electron chi connectivity index (χ2n) is 9.20. The monoisotopic (exact) mass is 654 g/mol. The van der Waals surface area contributed by atoms with Gasteiger partial charge in [-0.25, -0.2) is 4.57 Å². The maximum absolute atomic E-state index is 4.04. The molecule has 210 valence electrons. The lowest BCUT2D eigenvalue weighted by molar-refractivity contribution is -0.697. The summed E-state index contributed by atoms with van der Waals surface area (Å²) in [5.41, 5.74) is 4.82. The highest BCUT2D eigenvalue weighted by Crippen LogP contribution is 2.16. The zero-order valence-electron chi connectivity index (χ0n) is 23.6. The fraction of sp³-hybridized carbons (Fsp3) is 0.394. The molecule has 4 heterocycles. The second-order valence-corrected chi connectivity index (χ2v) is 9.99. The van der Waals surface area contributed by atoms with Gasteiger partial charge in [-0.15, -0.1) is 0 Å². The molecule has 39 heavy (non-hydrogen) atoms. The zero-order valence-corrected chi connectivity index (χ0v) is 26.7. The molecule has 4 rings (SSSR count). The summed E-state index contributed by atoms with van der Waals surface area (Å²) in [7, 11) is 0. The van der Waals surface area contributed by atoms with Crippen LogP contribution in [0.4, 0.5) is 0 Å². The topological polar surface area (TPSA) is 42.5 Å². The molecule has 6 heteroatoms. The van der Waals surface area contributed by atoms with Gasteiger partial charge in [-0.2, -0.15) is 0 Å². The number of unbranched alkanes of at least 4 members (excludes halogenated alkanes) is 7. The molecule has 0 atom stereocenters. The van der Waals surface area contributed by atoms with Crippen LogP contribution in [-0.2, 0) is 6.54 Å². The Morgan fingerprint density at radius 2 is 0.872 bits per heavy atom. The molecule has 0 aromatic carbocycles. The summed E-state index contributed by atoms with van der Waals surface area (Å²) in [5.74, 6) is 0. The Labute approximate surface area is 255 Å². The van der Waals surface area contributed by atoms with Crippen molar-refractivity contribution < 1.29 is 21.5 Å². The summed E-state index contributed by atoms with van der Waals surface area (Å²) in [5, 5.41) is 1.18. The van der Waals surface area contributed by atoms with Crippen LogP contribution in [0.2, 0.25) is 0 Å². The van der Waals surface area contributed by atoms with Gasteiger partial charge in [0.1, 0.15) is 6.54 Å². The molecule has 0 aliphatic rings. The molecule has 0 unspecified atom stereocenters. The summed E-state index contributed by atoms with van der Waals surface area (Å²) in [6.45, 7) is 5.61. The average Bonchev–Trinajstić information content (AvgIpc) is 3.00. The first kappa shape index (κ1) is 34.6. The number of hydrogen-bond donors (Lipinski definition) is 0. The Morgan fingerprint density at radius 1 is 0.513 bits per heavy atom. The fourth-order valence-electron chi connectivity index (χ4n) is 3.85. The van der Waals surface area contributed by atoms with Crippen LogP contribution in [0, 0.1) is 0 Å². The van der Waals surface area contributed by atoms with Crippen molar-refractivity contribution in [3.05, 3.63) is 98.1 Å². The molecular weight excluding hydrogens is 612 g/mol. The molecule has 0 saturated carbocycles. The summed E-state index contributed by atoms with van der Waals surface area (Å²) in [4.78, 5) is 12.0. The molecule has 4 aromatic rings. The van der Waals surface area contributed by atoms with Gasteiger partial charge in [-0.3, -0.25) is 15.0 Å². The Hall–Kier alpha value is -2.44. The number of aromatic nitrogens is 4. The predicted molar refractivity (Wildman–Crippen MR) is 164 cm³/mol. The van der Waals surface area contributed by atoms with Crippen molar-refractivity contribution in [2.24, 2.45) is 0 Å². The van der Waals surface area contributed by atoms with Gasteiger partial charge in [0.05, 0.1) is 0 Å². The lowest BCUT2D eigenvalue weighted by atomic mass is 10.1. The number of alkyl halides is 1. The normalized spacial score (nSPS) is 9.82. The van der Waals surface area contributed by atoms with E-state index in [2.05, 4.69) is 73.8 Å². The fourth-order valence-corrected chi connectivity index (χ4v) is 4.25. The van der Waals surface area contributed by atoms with Gasteiger partial charge in [-0.05, 0) is 71.5 Å². The maximum Gasteiger partial charge on any atom is 0.169 e. The van der Waals surface area contributed by atoms with Gasteiger partial charge in [0.2, 0.25) is 0 Å². The van der Waals surface area contributed by atoms with Crippen LogP contribution < -0.4 is 21.5 Å². The van der Waals surface area contributed by atoms with E-state index in [0.29, 0.717) is 0 Å². The maximum atomic E-state index is 4.04. The minimum atomic E-state index is 0. The molecule has 4 aromatic heterocycles. The van der Waals surface area contributed by atoms with Crippen LogP contribution in [0.3, 0.4) is 0 Å². The molecule has 0 aliphatic carbocycles. The van der Waals surface area contributed by atoms with Crippen LogP contribution in [0.15, 0.2) is 98.1 Å². The number of hydrogen-bond acceptors (Lipinski definition) is 3. The molecule has 0 saturated heterocycles. The highest BCUT2D eigenvalue weighted by Gasteiger charge is 2.02. The third-order valence-electron chi connectivity index (χ3n) is 6.11. The Morgan fingerprint density at radius 3 is 1.26 bits per heavy atom. The molecule has 4 nitrogen and oxygen atoms in total. The van der Waals surface area contributed by atoms with Crippen LogP contribution in [0.5, 0.6) is 0 Å². The lowest BCUT2D eigenvalue weighted by Gasteiger charge is -2.01. The van der Waals surface area contributed by atoms with Crippen molar-refractivity contribution >= 4 is 15.9 Å². The van der Waals surface area contributed by atoms with Gasteiger partial charge < -0.3 is 17.0 Å². The third kappa shape index (κ3) is 15.7. The summed E-state index contributed by atoms with van der Waals surface area (Å²) in [6.07, 6.45) is 27.3. The molecule has 0 radical (unpaired) electrons. The highest BCUT2D eigenvalue weighted by molar-refractivity contribution is 9.09. The van der Waals surface area contributed by atoms with Crippen molar-refractivity contribution in [2.45, 2.75) is 78.2 Å². The van der Waals surface area contributed by atoms with E-state index in [1.165, 1.54) is 85.4 Å². The van der Waals surface area contributed by atoms with E-state index in [4.69, 9.17) is 0 Å². The molecular formula is C33H44Br2N4. The van der Waals surface area contributed by atoms with E-state index in [1.54, 1.807) is 24.8 Å². The highest BCUT2D eigenvalue weighted by atomic mass is 79.9. The Bertz CT molecular complexity index is 1020. The number of aryl methyl sites for hydroxylation is 1. The van der Waals surface area contributed by atoms with Crippen LogP contribution in [0.25, 0.3) is 22.3 Å². The first-order chi connectivity index (χ1) is 18.8. The Balaban J connectivity index is 0.000000314. The van der Waals surface area contributed by atoms with Gasteiger partial charge >= 0.3 is 0 Å².